The minimum atomic E-state index is -1.04. The van der Waals surface area contributed by atoms with Gasteiger partial charge in [0.15, 0.2) is 0 Å². The smallest absolute Gasteiger partial charge is 0.311 e. The SMILES string of the molecule is CCOC(=O)CC(C(=O)O)c1ccccc1Cc1cccc(OC)c1. The van der Waals surface area contributed by atoms with Crippen molar-refractivity contribution < 1.29 is 24.2 Å². The summed E-state index contributed by atoms with van der Waals surface area (Å²) >= 11 is 0. The molecule has 1 atom stereocenters. The van der Waals surface area contributed by atoms with Crippen LogP contribution < -0.4 is 4.74 Å². The fourth-order valence-electron chi connectivity index (χ4n) is 2.75. The Morgan fingerprint density at radius 3 is 2.56 bits per heavy atom. The predicted molar refractivity (Wildman–Crippen MR) is 93.9 cm³/mol. The number of carbonyl (C=O) groups excluding carboxylic acids is 1. The summed E-state index contributed by atoms with van der Waals surface area (Å²) in [5, 5.41) is 9.59. The maximum absolute atomic E-state index is 11.8. The van der Waals surface area contributed by atoms with Gasteiger partial charge < -0.3 is 14.6 Å². The van der Waals surface area contributed by atoms with Crippen LogP contribution in [-0.4, -0.2) is 30.8 Å². The van der Waals surface area contributed by atoms with E-state index in [9.17, 15) is 14.7 Å². The molecule has 0 bridgehead atoms. The van der Waals surface area contributed by atoms with Crippen LogP contribution in [0.4, 0.5) is 0 Å². The lowest BCUT2D eigenvalue weighted by Crippen LogP contribution is -2.19. The van der Waals surface area contributed by atoms with Crippen LogP contribution in [0.1, 0.15) is 36.0 Å². The molecule has 0 aromatic heterocycles. The number of carbonyl (C=O) groups is 2. The number of carboxylic acid groups (broad SMARTS) is 1. The van der Waals surface area contributed by atoms with Crippen LogP contribution >= 0.6 is 0 Å². The molecule has 5 heteroatoms. The molecule has 2 aromatic carbocycles. The van der Waals surface area contributed by atoms with Gasteiger partial charge in [-0.25, -0.2) is 0 Å². The molecule has 25 heavy (non-hydrogen) atoms. The maximum atomic E-state index is 11.8. The number of ether oxygens (including phenoxy) is 2. The van der Waals surface area contributed by atoms with Crippen molar-refractivity contribution in [1.29, 1.82) is 0 Å². The van der Waals surface area contributed by atoms with Crippen molar-refractivity contribution in [3.8, 4) is 5.75 Å². The topological polar surface area (TPSA) is 72.8 Å². The Bertz CT molecular complexity index is 738. The molecule has 0 saturated carbocycles. The lowest BCUT2D eigenvalue weighted by Gasteiger charge is -2.16. The fraction of sp³-hybridized carbons (Fsp3) is 0.300. The van der Waals surface area contributed by atoms with Crippen molar-refractivity contribution in [3.05, 3.63) is 65.2 Å². The van der Waals surface area contributed by atoms with Crippen LogP contribution in [0.25, 0.3) is 0 Å². The highest BCUT2D eigenvalue weighted by molar-refractivity contribution is 5.83. The molecule has 1 unspecified atom stereocenters. The lowest BCUT2D eigenvalue weighted by molar-refractivity contribution is -0.148. The minimum absolute atomic E-state index is 0.182. The standard InChI is InChI=1S/C20H22O5/c1-3-25-19(21)13-18(20(22)23)17-10-5-4-8-15(17)11-14-7-6-9-16(12-14)24-2/h4-10,12,18H,3,11,13H2,1-2H3,(H,22,23). The number of carboxylic acids is 1. The van der Waals surface area contributed by atoms with Gasteiger partial charge in [0.05, 0.1) is 26.1 Å². The van der Waals surface area contributed by atoms with Crippen LogP contribution in [0.2, 0.25) is 0 Å². The fourth-order valence-corrected chi connectivity index (χ4v) is 2.75. The van der Waals surface area contributed by atoms with Crippen LogP contribution in [0.15, 0.2) is 48.5 Å². The van der Waals surface area contributed by atoms with Gasteiger partial charge in [0, 0.05) is 0 Å². The first-order valence-corrected chi connectivity index (χ1v) is 8.14. The number of esters is 1. The van der Waals surface area contributed by atoms with Gasteiger partial charge in [-0.1, -0.05) is 36.4 Å². The Morgan fingerprint density at radius 2 is 1.88 bits per heavy atom. The molecule has 0 aliphatic heterocycles. The molecule has 0 fully saturated rings. The van der Waals surface area contributed by atoms with Crippen LogP contribution in [-0.2, 0) is 20.7 Å². The summed E-state index contributed by atoms with van der Waals surface area (Å²) in [6.07, 6.45) is 0.373. The van der Waals surface area contributed by atoms with Gasteiger partial charge in [-0.15, -0.1) is 0 Å². The van der Waals surface area contributed by atoms with Gasteiger partial charge in [-0.3, -0.25) is 9.59 Å². The van der Waals surface area contributed by atoms with E-state index in [1.54, 1.807) is 26.2 Å². The first kappa shape index (κ1) is 18.5. The van der Waals surface area contributed by atoms with E-state index in [2.05, 4.69) is 0 Å². The van der Waals surface area contributed by atoms with E-state index >= 15 is 0 Å². The summed E-state index contributed by atoms with van der Waals surface area (Å²) in [6, 6.07) is 14.9. The summed E-state index contributed by atoms with van der Waals surface area (Å²) in [4.78, 5) is 23.5. The largest absolute Gasteiger partial charge is 0.497 e. The molecule has 132 valence electrons. The summed E-state index contributed by atoms with van der Waals surface area (Å²) in [6.45, 7) is 1.93. The monoisotopic (exact) mass is 342 g/mol. The molecule has 0 spiro atoms. The molecule has 2 rings (SSSR count). The van der Waals surface area contributed by atoms with E-state index in [4.69, 9.17) is 9.47 Å². The quantitative estimate of drug-likeness (QED) is 0.744. The normalized spacial score (nSPS) is 11.6. The summed E-state index contributed by atoms with van der Waals surface area (Å²) in [7, 11) is 1.60. The second-order valence-electron chi connectivity index (χ2n) is 5.63. The van der Waals surface area contributed by atoms with Crippen molar-refractivity contribution in [1.82, 2.24) is 0 Å². The van der Waals surface area contributed by atoms with Crippen molar-refractivity contribution in [3.63, 3.8) is 0 Å². The summed E-state index contributed by atoms with van der Waals surface area (Å²) < 4.78 is 10.1. The van der Waals surface area contributed by atoms with Crippen LogP contribution in [0, 0.1) is 0 Å². The zero-order valence-corrected chi connectivity index (χ0v) is 14.4. The number of methoxy groups -OCH3 is 1. The first-order chi connectivity index (χ1) is 12.0. The molecular weight excluding hydrogens is 320 g/mol. The van der Waals surface area contributed by atoms with Crippen molar-refractivity contribution >= 4 is 11.9 Å². The van der Waals surface area contributed by atoms with Gasteiger partial charge in [0.25, 0.3) is 0 Å². The highest BCUT2D eigenvalue weighted by Crippen LogP contribution is 2.27. The predicted octanol–water partition coefficient (Wildman–Crippen LogP) is 3.41. The van der Waals surface area contributed by atoms with E-state index < -0.39 is 17.9 Å². The molecular formula is C20H22O5. The van der Waals surface area contributed by atoms with Gasteiger partial charge in [0.1, 0.15) is 5.75 Å². The Hall–Kier alpha value is -2.82. The molecule has 0 aliphatic rings. The third-order valence-electron chi connectivity index (χ3n) is 3.93. The molecule has 0 saturated heterocycles. The average molecular weight is 342 g/mol. The van der Waals surface area contributed by atoms with E-state index in [0.29, 0.717) is 12.0 Å². The van der Waals surface area contributed by atoms with Gasteiger partial charge in [0.2, 0.25) is 0 Å². The van der Waals surface area contributed by atoms with E-state index in [1.807, 2.05) is 36.4 Å². The van der Waals surface area contributed by atoms with E-state index in [1.165, 1.54) is 0 Å². The third-order valence-corrected chi connectivity index (χ3v) is 3.93. The maximum Gasteiger partial charge on any atom is 0.311 e. The highest BCUT2D eigenvalue weighted by Gasteiger charge is 2.26. The van der Waals surface area contributed by atoms with E-state index in [0.717, 1.165) is 16.9 Å². The summed E-state index contributed by atoms with van der Waals surface area (Å²) in [5.74, 6) is -1.73. The highest BCUT2D eigenvalue weighted by atomic mass is 16.5. The zero-order chi connectivity index (χ0) is 18.2. The van der Waals surface area contributed by atoms with Crippen molar-refractivity contribution in [2.45, 2.75) is 25.7 Å². The number of benzene rings is 2. The Labute approximate surface area is 147 Å². The third kappa shape index (κ3) is 5.08. The Kier molecular flexibility index (Phi) is 6.57. The molecule has 2 aromatic rings. The lowest BCUT2D eigenvalue weighted by atomic mass is 9.89. The number of aliphatic carboxylic acids is 1. The number of hydrogen-bond acceptors (Lipinski definition) is 4. The van der Waals surface area contributed by atoms with E-state index in [-0.39, 0.29) is 13.0 Å². The first-order valence-electron chi connectivity index (χ1n) is 8.14. The van der Waals surface area contributed by atoms with Crippen molar-refractivity contribution in [2.75, 3.05) is 13.7 Å². The number of hydrogen-bond donors (Lipinski definition) is 1. The average Bonchev–Trinajstić information content (AvgIpc) is 2.60. The van der Waals surface area contributed by atoms with Gasteiger partial charge in [-0.05, 0) is 42.2 Å². The van der Waals surface area contributed by atoms with Crippen molar-refractivity contribution in [2.24, 2.45) is 0 Å². The van der Waals surface area contributed by atoms with Gasteiger partial charge in [-0.2, -0.15) is 0 Å². The molecule has 0 heterocycles. The number of rotatable bonds is 8. The second-order valence-corrected chi connectivity index (χ2v) is 5.63. The molecule has 1 N–H and O–H groups in total. The zero-order valence-electron chi connectivity index (χ0n) is 14.4. The minimum Gasteiger partial charge on any atom is -0.497 e. The van der Waals surface area contributed by atoms with Crippen LogP contribution in [0.3, 0.4) is 0 Å². The molecule has 5 nitrogen and oxygen atoms in total. The Morgan fingerprint density at radius 1 is 1.12 bits per heavy atom. The van der Waals surface area contributed by atoms with Crippen LogP contribution in [0.5, 0.6) is 5.75 Å². The molecule has 0 amide bonds. The summed E-state index contributed by atoms with van der Waals surface area (Å²) in [5.41, 5.74) is 2.50. The Balaban J connectivity index is 2.31. The molecule has 0 aliphatic carbocycles. The second kappa shape index (κ2) is 8.87. The van der Waals surface area contributed by atoms with Gasteiger partial charge >= 0.3 is 11.9 Å². The molecule has 0 radical (unpaired) electrons.